The fourth-order valence-electron chi connectivity index (χ4n) is 2.95. The Bertz CT molecular complexity index is 714. The lowest BCUT2D eigenvalue weighted by molar-refractivity contribution is -0.145. The van der Waals surface area contributed by atoms with Gasteiger partial charge in [0.2, 0.25) is 5.91 Å². The number of carboxylic acids is 1. The van der Waals surface area contributed by atoms with E-state index in [1.165, 1.54) is 5.56 Å². The number of carboxylic acid groups (broad SMARTS) is 1. The van der Waals surface area contributed by atoms with Crippen LogP contribution in [0.3, 0.4) is 0 Å². The third kappa shape index (κ3) is 4.20. The highest BCUT2D eigenvalue weighted by Crippen LogP contribution is 2.19. The van der Waals surface area contributed by atoms with Crippen molar-refractivity contribution in [2.75, 3.05) is 13.1 Å². The molecule has 1 amide bonds. The number of rotatable bonds is 5. The minimum absolute atomic E-state index is 0.0301. The van der Waals surface area contributed by atoms with Gasteiger partial charge in [-0.15, -0.1) is 11.3 Å². The minimum Gasteiger partial charge on any atom is -0.481 e. The Balaban J connectivity index is 1.58. The molecule has 3 rings (SSSR count). The van der Waals surface area contributed by atoms with Gasteiger partial charge < -0.3 is 10.0 Å². The third-order valence-electron chi connectivity index (χ3n) is 4.25. The molecule has 1 atom stereocenters. The molecule has 126 valence electrons. The van der Waals surface area contributed by atoms with Crippen LogP contribution in [0.1, 0.15) is 29.1 Å². The summed E-state index contributed by atoms with van der Waals surface area (Å²) in [6, 6.07) is 10.1. The van der Waals surface area contributed by atoms with Crippen molar-refractivity contribution < 1.29 is 14.7 Å². The third-order valence-corrected chi connectivity index (χ3v) is 5.15. The van der Waals surface area contributed by atoms with Gasteiger partial charge in [-0.2, -0.15) is 0 Å². The first-order valence-corrected chi connectivity index (χ1v) is 8.97. The van der Waals surface area contributed by atoms with Gasteiger partial charge in [-0.1, -0.05) is 30.3 Å². The SMILES string of the molecule is O=C(O)[C@@H]1CCCN(C(=O)Cc2csc(Cc3ccccc3)n2)C1. The molecule has 1 fully saturated rings. The number of aromatic nitrogens is 1. The average molecular weight is 344 g/mol. The van der Waals surface area contributed by atoms with Gasteiger partial charge in [0.25, 0.3) is 0 Å². The predicted molar refractivity (Wildman–Crippen MR) is 92.0 cm³/mol. The molecule has 1 saturated heterocycles. The summed E-state index contributed by atoms with van der Waals surface area (Å²) in [5.74, 6) is -1.28. The molecule has 1 aliphatic heterocycles. The number of nitrogens with zero attached hydrogens (tertiary/aromatic N) is 2. The van der Waals surface area contributed by atoms with Crippen LogP contribution in [0.2, 0.25) is 0 Å². The molecule has 2 heterocycles. The van der Waals surface area contributed by atoms with E-state index in [2.05, 4.69) is 17.1 Å². The summed E-state index contributed by atoms with van der Waals surface area (Å²) in [6.07, 6.45) is 2.41. The molecule has 1 aliphatic rings. The van der Waals surface area contributed by atoms with Crippen LogP contribution in [0.15, 0.2) is 35.7 Å². The normalized spacial score (nSPS) is 17.7. The second-order valence-corrected chi connectivity index (χ2v) is 7.03. The van der Waals surface area contributed by atoms with Crippen LogP contribution < -0.4 is 0 Å². The van der Waals surface area contributed by atoms with Crippen molar-refractivity contribution in [2.24, 2.45) is 5.92 Å². The molecular formula is C18H20N2O3S. The Kier molecular flexibility index (Phi) is 5.25. The zero-order valence-corrected chi connectivity index (χ0v) is 14.2. The lowest BCUT2D eigenvalue weighted by Gasteiger charge is -2.30. The Labute approximate surface area is 145 Å². The van der Waals surface area contributed by atoms with Gasteiger partial charge in [0, 0.05) is 24.9 Å². The molecule has 0 saturated carbocycles. The second kappa shape index (κ2) is 7.57. The maximum atomic E-state index is 12.4. The Hall–Kier alpha value is -2.21. The van der Waals surface area contributed by atoms with Crippen molar-refractivity contribution in [3.05, 3.63) is 52.0 Å². The quantitative estimate of drug-likeness (QED) is 0.905. The molecule has 0 unspecified atom stereocenters. The van der Waals surface area contributed by atoms with Crippen molar-refractivity contribution in [1.82, 2.24) is 9.88 Å². The molecule has 5 nitrogen and oxygen atoms in total. The highest BCUT2D eigenvalue weighted by Gasteiger charge is 2.28. The van der Waals surface area contributed by atoms with E-state index < -0.39 is 11.9 Å². The van der Waals surface area contributed by atoms with E-state index in [0.29, 0.717) is 19.5 Å². The van der Waals surface area contributed by atoms with Crippen LogP contribution >= 0.6 is 11.3 Å². The molecule has 1 aromatic heterocycles. The zero-order valence-electron chi connectivity index (χ0n) is 13.4. The van der Waals surface area contributed by atoms with Crippen LogP contribution in [-0.2, 0) is 22.4 Å². The molecule has 2 aromatic rings. The number of hydrogen-bond acceptors (Lipinski definition) is 4. The summed E-state index contributed by atoms with van der Waals surface area (Å²) < 4.78 is 0. The molecule has 1 N–H and O–H groups in total. The largest absolute Gasteiger partial charge is 0.481 e. The first-order chi connectivity index (χ1) is 11.6. The van der Waals surface area contributed by atoms with Crippen molar-refractivity contribution in [3.8, 4) is 0 Å². The molecule has 0 spiro atoms. The minimum atomic E-state index is -0.814. The summed E-state index contributed by atoms with van der Waals surface area (Å²) in [4.78, 5) is 29.7. The summed E-state index contributed by atoms with van der Waals surface area (Å²) in [6.45, 7) is 0.957. The van der Waals surface area contributed by atoms with Crippen LogP contribution in [0, 0.1) is 5.92 Å². The average Bonchev–Trinajstić information content (AvgIpc) is 3.02. The van der Waals surface area contributed by atoms with Crippen molar-refractivity contribution in [3.63, 3.8) is 0 Å². The molecule has 6 heteroatoms. The highest BCUT2D eigenvalue weighted by molar-refractivity contribution is 7.09. The number of piperidine rings is 1. The van der Waals surface area contributed by atoms with E-state index in [1.807, 2.05) is 23.6 Å². The molecule has 24 heavy (non-hydrogen) atoms. The number of amides is 1. The second-order valence-electron chi connectivity index (χ2n) is 6.09. The summed E-state index contributed by atoms with van der Waals surface area (Å²) in [5, 5.41) is 12.0. The lowest BCUT2D eigenvalue weighted by atomic mass is 9.98. The van der Waals surface area contributed by atoms with Crippen molar-refractivity contribution >= 4 is 23.2 Å². The predicted octanol–water partition coefficient (Wildman–Crippen LogP) is 2.60. The van der Waals surface area contributed by atoms with Crippen LogP contribution in [0.4, 0.5) is 0 Å². The number of likely N-dealkylation sites (tertiary alicyclic amines) is 1. The monoisotopic (exact) mass is 344 g/mol. The van der Waals surface area contributed by atoms with Crippen LogP contribution in [-0.4, -0.2) is 40.0 Å². The first kappa shape index (κ1) is 16.6. The fraction of sp³-hybridized carbons (Fsp3) is 0.389. The molecule has 0 radical (unpaired) electrons. The lowest BCUT2D eigenvalue weighted by Crippen LogP contribution is -2.43. The van der Waals surface area contributed by atoms with Crippen molar-refractivity contribution in [1.29, 1.82) is 0 Å². The van der Waals surface area contributed by atoms with Crippen molar-refractivity contribution in [2.45, 2.75) is 25.7 Å². The summed E-state index contributed by atoms with van der Waals surface area (Å²) >= 11 is 1.56. The van der Waals surface area contributed by atoms with Gasteiger partial charge in [-0.3, -0.25) is 9.59 Å². The topological polar surface area (TPSA) is 70.5 Å². The number of carbonyl (C=O) groups is 2. The highest BCUT2D eigenvalue weighted by atomic mass is 32.1. The molecular weight excluding hydrogens is 324 g/mol. The number of carbonyl (C=O) groups excluding carboxylic acids is 1. The van der Waals surface area contributed by atoms with E-state index in [-0.39, 0.29) is 12.3 Å². The number of aliphatic carboxylic acids is 1. The van der Waals surface area contributed by atoms with Gasteiger partial charge in [0.15, 0.2) is 0 Å². The van der Waals surface area contributed by atoms with Crippen LogP contribution in [0.25, 0.3) is 0 Å². The van der Waals surface area contributed by atoms with Gasteiger partial charge >= 0.3 is 5.97 Å². The van der Waals surface area contributed by atoms with Gasteiger partial charge in [0.1, 0.15) is 0 Å². The van der Waals surface area contributed by atoms with Gasteiger partial charge in [-0.05, 0) is 18.4 Å². The zero-order chi connectivity index (χ0) is 16.9. The fourth-order valence-corrected chi connectivity index (χ4v) is 3.78. The Morgan fingerprint density at radius 2 is 2.08 bits per heavy atom. The van der Waals surface area contributed by atoms with E-state index in [9.17, 15) is 9.59 Å². The summed E-state index contributed by atoms with van der Waals surface area (Å²) in [7, 11) is 0. The first-order valence-electron chi connectivity index (χ1n) is 8.09. The number of hydrogen-bond donors (Lipinski definition) is 1. The smallest absolute Gasteiger partial charge is 0.308 e. The van der Waals surface area contributed by atoms with E-state index in [0.717, 1.165) is 23.5 Å². The molecule has 0 bridgehead atoms. The standard InChI is InChI=1S/C18H20N2O3S/c21-17(20-8-4-7-14(11-20)18(22)23)10-15-12-24-16(19-15)9-13-5-2-1-3-6-13/h1-3,5-6,12,14H,4,7-11H2,(H,22,23)/t14-/m1/s1. The van der Waals surface area contributed by atoms with E-state index in [4.69, 9.17) is 5.11 Å². The summed E-state index contributed by atoms with van der Waals surface area (Å²) in [5.41, 5.74) is 1.97. The number of thiazole rings is 1. The van der Waals surface area contributed by atoms with Crippen LogP contribution in [0.5, 0.6) is 0 Å². The van der Waals surface area contributed by atoms with Gasteiger partial charge in [-0.25, -0.2) is 4.98 Å². The Morgan fingerprint density at radius 1 is 1.29 bits per heavy atom. The maximum Gasteiger partial charge on any atom is 0.308 e. The molecule has 0 aliphatic carbocycles. The Morgan fingerprint density at radius 3 is 2.83 bits per heavy atom. The maximum absolute atomic E-state index is 12.4. The van der Waals surface area contributed by atoms with Gasteiger partial charge in [0.05, 0.1) is 23.0 Å². The van der Waals surface area contributed by atoms with E-state index in [1.54, 1.807) is 16.2 Å². The van der Waals surface area contributed by atoms with E-state index >= 15 is 0 Å². The molecule has 1 aromatic carbocycles. The number of benzene rings is 1.